The Hall–Kier alpha value is -1.13. The average Bonchev–Trinajstić information content (AvgIpc) is 2.33. The molecular formula is C13H19ClN2O2. The maximum Gasteiger partial charge on any atom is 0.269 e. The number of nitrogens with zero attached hydrogens (tertiary/aromatic N) is 2. The Morgan fingerprint density at radius 1 is 1.39 bits per heavy atom. The zero-order chi connectivity index (χ0) is 13.7. The van der Waals surface area contributed by atoms with E-state index in [1.165, 1.54) is 6.07 Å². The van der Waals surface area contributed by atoms with E-state index >= 15 is 0 Å². The summed E-state index contributed by atoms with van der Waals surface area (Å²) in [5, 5.41) is 11.3. The Labute approximate surface area is 113 Å². The largest absolute Gasteiger partial charge is 0.299 e. The molecule has 5 heteroatoms. The van der Waals surface area contributed by atoms with E-state index in [2.05, 4.69) is 18.7 Å². The minimum atomic E-state index is -0.392. The van der Waals surface area contributed by atoms with Crippen molar-refractivity contribution in [3.8, 4) is 0 Å². The maximum atomic E-state index is 10.7. The lowest BCUT2D eigenvalue weighted by atomic mass is 10.1. The Balaban J connectivity index is 2.89. The van der Waals surface area contributed by atoms with E-state index in [1.54, 1.807) is 12.1 Å². The molecule has 18 heavy (non-hydrogen) atoms. The highest BCUT2D eigenvalue weighted by Crippen LogP contribution is 2.24. The molecule has 0 atom stereocenters. The van der Waals surface area contributed by atoms with E-state index in [4.69, 9.17) is 11.6 Å². The van der Waals surface area contributed by atoms with Crippen molar-refractivity contribution in [1.29, 1.82) is 0 Å². The summed E-state index contributed by atoms with van der Waals surface area (Å²) in [5.41, 5.74) is 0.896. The number of nitro benzene ring substituents is 1. The fourth-order valence-corrected chi connectivity index (χ4v) is 2.28. The van der Waals surface area contributed by atoms with Crippen LogP contribution in [0, 0.1) is 10.1 Å². The number of rotatable bonds is 6. The van der Waals surface area contributed by atoms with Crippen LogP contribution in [-0.4, -0.2) is 22.9 Å². The van der Waals surface area contributed by atoms with Crippen LogP contribution in [0.25, 0.3) is 0 Å². The van der Waals surface area contributed by atoms with Crippen molar-refractivity contribution in [2.75, 3.05) is 7.05 Å². The highest BCUT2D eigenvalue weighted by atomic mass is 35.5. The first kappa shape index (κ1) is 14.9. The van der Waals surface area contributed by atoms with Crippen LogP contribution in [0.4, 0.5) is 5.69 Å². The van der Waals surface area contributed by atoms with Crippen LogP contribution in [0.1, 0.15) is 32.3 Å². The molecular weight excluding hydrogens is 252 g/mol. The van der Waals surface area contributed by atoms with Gasteiger partial charge in [-0.15, -0.1) is 0 Å². The molecule has 0 fully saturated rings. The Morgan fingerprint density at radius 2 is 2.00 bits per heavy atom. The summed E-state index contributed by atoms with van der Waals surface area (Å²) < 4.78 is 0. The van der Waals surface area contributed by atoms with Crippen LogP contribution >= 0.6 is 11.6 Å². The summed E-state index contributed by atoms with van der Waals surface area (Å²) in [5.74, 6) is 0. The van der Waals surface area contributed by atoms with E-state index < -0.39 is 4.92 Å². The third-order valence-corrected chi connectivity index (χ3v) is 3.59. The van der Waals surface area contributed by atoms with E-state index in [9.17, 15) is 10.1 Å². The molecule has 0 saturated carbocycles. The van der Waals surface area contributed by atoms with Crippen molar-refractivity contribution >= 4 is 17.3 Å². The molecule has 0 spiro atoms. The van der Waals surface area contributed by atoms with Crippen LogP contribution in [0.5, 0.6) is 0 Å². The first-order valence-corrected chi connectivity index (χ1v) is 6.50. The molecule has 0 amide bonds. The Bertz CT molecular complexity index is 419. The highest BCUT2D eigenvalue weighted by Gasteiger charge is 2.15. The first-order valence-electron chi connectivity index (χ1n) is 6.12. The van der Waals surface area contributed by atoms with Crippen molar-refractivity contribution in [2.24, 2.45) is 0 Å². The van der Waals surface area contributed by atoms with Gasteiger partial charge in [-0.25, -0.2) is 0 Å². The molecule has 0 radical (unpaired) electrons. The van der Waals surface area contributed by atoms with Crippen LogP contribution in [0.3, 0.4) is 0 Å². The van der Waals surface area contributed by atoms with Crippen LogP contribution < -0.4 is 0 Å². The van der Waals surface area contributed by atoms with Gasteiger partial charge >= 0.3 is 0 Å². The smallest absolute Gasteiger partial charge is 0.269 e. The number of hydrogen-bond donors (Lipinski definition) is 0. The van der Waals surface area contributed by atoms with Crippen molar-refractivity contribution in [1.82, 2.24) is 4.90 Å². The summed E-state index contributed by atoms with van der Waals surface area (Å²) in [6, 6.07) is 5.06. The van der Waals surface area contributed by atoms with Gasteiger partial charge in [0, 0.05) is 29.7 Å². The molecule has 1 aromatic carbocycles. The summed E-state index contributed by atoms with van der Waals surface area (Å²) in [6.45, 7) is 4.91. The third kappa shape index (κ3) is 3.68. The maximum absolute atomic E-state index is 10.7. The lowest BCUT2D eigenvalue weighted by molar-refractivity contribution is -0.384. The van der Waals surface area contributed by atoms with Gasteiger partial charge in [0.05, 0.1) is 4.92 Å². The predicted octanol–water partition coefficient (Wildman–Crippen LogP) is 3.87. The monoisotopic (exact) mass is 270 g/mol. The van der Waals surface area contributed by atoms with Crippen molar-refractivity contribution in [2.45, 2.75) is 39.3 Å². The fourth-order valence-electron chi connectivity index (χ4n) is 2.11. The van der Waals surface area contributed by atoms with Gasteiger partial charge in [0.25, 0.3) is 5.69 Å². The molecule has 0 bridgehead atoms. The summed E-state index contributed by atoms with van der Waals surface area (Å²) in [4.78, 5) is 12.5. The lowest BCUT2D eigenvalue weighted by Crippen LogP contribution is -2.30. The molecule has 0 aliphatic carbocycles. The SMILES string of the molecule is CCC(CC)N(C)Cc1cc([N+](=O)[O-])ccc1Cl. The zero-order valence-corrected chi connectivity index (χ0v) is 11.8. The second-order valence-corrected chi connectivity index (χ2v) is 4.83. The summed E-state index contributed by atoms with van der Waals surface area (Å²) >= 11 is 6.09. The van der Waals surface area contributed by atoms with E-state index in [-0.39, 0.29) is 5.69 Å². The molecule has 0 heterocycles. The average molecular weight is 271 g/mol. The molecule has 1 aromatic rings. The van der Waals surface area contributed by atoms with Crippen LogP contribution in [0.15, 0.2) is 18.2 Å². The number of halogens is 1. The molecule has 1 rings (SSSR count). The van der Waals surface area contributed by atoms with Gasteiger partial charge in [0.15, 0.2) is 0 Å². The van der Waals surface area contributed by atoms with Gasteiger partial charge in [-0.05, 0) is 31.5 Å². The summed E-state index contributed by atoms with van der Waals surface area (Å²) in [7, 11) is 2.02. The van der Waals surface area contributed by atoms with E-state index in [0.29, 0.717) is 17.6 Å². The second-order valence-electron chi connectivity index (χ2n) is 4.42. The zero-order valence-electron chi connectivity index (χ0n) is 11.0. The number of benzene rings is 1. The Morgan fingerprint density at radius 3 is 2.50 bits per heavy atom. The molecule has 0 unspecified atom stereocenters. The van der Waals surface area contributed by atoms with Gasteiger partial charge in [0.1, 0.15) is 0 Å². The van der Waals surface area contributed by atoms with Gasteiger partial charge < -0.3 is 0 Å². The van der Waals surface area contributed by atoms with Gasteiger partial charge in [-0.2, -0.15) is 0 Å². The molecule has 0 aliphatic heterocycles. The number of nitro groups is 1. The van der Waals surface area contributed by atoms with E-state index in [0.717, 1.165) is 18.4 Å². The van der Waals surface area contributed by atoms with Gasteiger partial charge in [-0.3, -0.25) is 15.0 Å². The minimum absolute atomic E-state index is 0.0901. The predicted molar refractivity (Wildman–Crippen MR) is 73.9 cm³/mol. The standard InChI is InChI=1S/C13H19ClN2O2/c1-4-11(5-2)15(3)9-10-8-12(16(17)18)6-7-13(10)14/h6-8,11H,4-5,9H2,1-3H3. The second kappa shape index (κ2) is 6.71. The van der Waals surface area contributed by atoms with Crippen LogP contribution in [0.2, 0.25) is 5.02 Å². The first-order chi connectivity index (χ1) is 8.49. The quantitative estimate of drug-likeness (QED) is 0.582. The minimum Gasteiger partial charge on any atom is -0.299 e. The molecule has 4 nitrogen and oxygen atoms in total. The normalized spacial score (nSPS) is 11.2. The molecule has 0 aromatic heterocycles. The highest BCUT2D eigenvalue weighted by molar-refractivity contribution is 6.31. The van der Waals surface area contributed by atoms with Crippen LogP contribution in [-0.2, 0) is 6.54 Å². The molecule has 100 valence electrons. The fraction of sp³-hybridized carbons (Fsp3) is 0.538. The number of non-ortho nitro benzene ring substituents is 1. The van der Waals surface area contributed by atoms with Gasteiger partial charge in [0.2, 0.25) is 0 Å². The molecule has 0 N–H and O–H groups in total. The van der Waals surface area contributed by atoms with Crippen molar-refractivity contribution < 1.29 is 4.92 Å². The Kier molecular flexibility index (Phi) is 5.56. The molecule has 0 aliphatic rings. The topological polar surface area (TPSA) is 46.4 Å². The van der Waals surface area contributed by atoms with Crippen molar-refractivity contribution in [3.63, 3.8) is 0 Å². The molecule has 0 saturated heterocycles. The van der Waals surface area contributed by atoms with Crippen molar-refractivity contribution in [3.05, 3.63) is 38.9 Å². The van der Waals surface area contributed by atoms with Gasteiger partial charge in [-0.1, -0.05) is 25.4 Å². The third-order valence-electron chi connectivity index (χ3n) is 3.23. The summed E-state index contributed by atoms with van der Waals surface area (Å²) in [6.07, 6.45) is 2.11. The lowest BCUT2D eigenvalue weighted by Gasteiger charge is -2.26. The number of hydrogen-bond acceptors (Lipinski definition) is 3. The van der Waals surface area contributed by atoms with E-state index in [1.807, 2.05) is 7.05 Å².